The van der Waals surface area contributed by atoms with E-state index in [1.54, 1.807) is 7.05 Å². The van der Waals surface area contributed by atoms with Crippen LogP contribution in [0.1, 0.15) is 30.1 Å². The predicted octanol–water partition coefficient (Wildman–Crippen LogP) is 2.04. The zero-order chi connectivity index (χ0) is 14.4. The molecule has 0 radical (unpaired) electrons. The van der Waals surface area contributed by atoms with Gasteiger partial charge in [-0.05, 0) is 6.42 Å². The lowest BCUT2D eigenvalue weighted by Gasteiger charge is -2.15. The number of nitrogens with zero attached hydrogens (tertiary/aromatic N) is 2. The Hall–Kier alpha value is -2.24. The molecule has 0 N–H and O–H groups in total. The smallest absolute Gasteiger partial charge is 0.294 e. The number of hydrogen-bond acceptors (Lipinski definition) is 4. The third kappa shape index (κ3) is 3.87. The average Bonchev–Trinajstić information content (AvgIpc) is 2.43. The summed E-state index contributed by atoms with van der Waals surface area (Å²) in [5.74, 6) is -1.36. The standard InChI is InChI=1S/C13H16N2O4/c1-3-4-8-14(2)13(17)12(16)10-6-5-7-11(9-10)15(18)19/h5-7,9H,3-4,8H2,1-2H3. The molecule has 1 aromatic rings. The maximum Gasteiger partial charge on any atom is 0.294 e. The molecular weight excluding hydrogens is 248 g/mol. The number of carbonyl (C=O) groups excluding carboxylic acids is 2. The topological polar surface area (TPSA) is 80.5 Å². The van der Waals surface area contributed by atoms with Crippen molar-refractivity contribution < 1.29 is 14.5 Å². The van der Waals surface area contributed by atoms with E-state index < -0.39 is 16.6 Å². The normalized spacial score (nSPS) is 10.0. The SMILES string of the molecule is CCCCN(C)C(=O)C(=O)c1cccc([N+](=O)[O-])c1. The summed E-state index contributed by atoms with van der Waals surface area (Å²) in [6.45, 7) is 2.48. The molecule has 19 heavy (non-hydrogen) atoms. The third-order valence-electron chi connectivity index (χ3n) is 2.71. The minimum atomic E-state index is -0.720. The Morgan fingerprint density at radius 2 is 2.05 bits per heavy atom. The number of hydrogen-bond donors (Lipinski definition) is 0. The van der Waals surface area contributed by atoms with Gasteiger partial charge in [-0.2, -0.15) is 0 Å². The van der Waals surface area contributed by atoms with Gasteiger partial charge in [-0.25, -0.2) is 0 Å². The number of benzene rings is 1. The van der Waals surface area contributed by atoms with Crippen molar-refractivity contribution in [2.24, 2.45) is 0 Å². The highest BCUT2D eigenvalue weighted by Gasteiger charge is 2.21. The molecule has 6 nitrogen and oxygen atoms in total. The van der Waals surface area contributed by atoms with Gasteiger partial charge in [0, 0.05) is 31.3 Å². The van der Waals surface area contributed by atoms with E-state index in [-0.39, 0.29) is 11.3 Å². The van der Waals surface area contributed by atoms with Crippen LogP contribution >= 0.6 is 0 Å². The lowest BCUT2D eigenvalue weighted by Crippen LogP contribution is -2.34. The van der Waals surface area contributed by atoms with Crippen LogP contribution < -0.4 is 0 Å². The average molecular weight is 264 g/mol. The lowest BCUT2D eigenvalue weighted by atomic mass is 10.1. The molecule has 0 aromatic heterocycles. The first-order valence-corrected chi connectivity index (χ1v) is 6.01. The van der Waals surface area contributed by atoms with E-state index in [1.165, 1.54) is 23.1 Å². The first kappa shape index (κ1) is 14.8. The van der Waals surface area contributed by atoms with E-state index in [9.17, 15) is 19.7 Å². The number of nitro groups is 1. The molecule has 1 aromatic carbocycles. The molecule has 0 aliphatic carbocycles. The highest BCUT2D eigenvalue weighted by atomic mass is 16.6. The van der Waals surface area contributed by atoms with Gasteiger partial charge in [-0.1, -0.05) is 25.5 Å². The number of nitro benzene ring substituents is 1. The van der Waals surface area contributed by atoms with Crippen LogP contribution in [0.15, 0.2) is 24.3 Å². The number of unbranched alkanes of at least 4 members (excludes halogenated alkanes) is 1. The molecule has 0 fully saturated rings. The van der Waals surface area contributed by atoms with Crippen LogP contribution in [0.2, 0.25) is 0 Å². The summed E-state index contributed by atoms with van der Waals surface area (Å²) in [7, 11) is 1.55. The fourth-order valence-corrected chi connectivity index (χ4v) is 1.55. The first-order chi connectivity index (χ1) is 8.97. The number of amides is 1. The van der Waals surface area contributed by atoms with Crippen molar-refractivity contribution in [1.29, 1.82) is 0 Å². The highest BCUT2D eigenvalue weighted by Crippen LogP contribution is 2.14. The molecule has 1 rings (SSSR count). The monoisotopic (exact) mass is 264 g/mol. The molecule has 0 spiro atoms. The van der Waals surface area contributed by atoms with E-state index in [0.29, 0.717) is 6.54 Å². The van der Waals surface area contributed by atoms with Gasteiger partial charge in [0.1, 0.15) is 0 Å². The Kier molecular flexibility index (Phi) is 5.17. The maximum absolute atomic E-state index is 11.9. The minimum absolute atomic E-state index is 0.0440. The molecular formula is C13H16N2O4. The van der Waals surface area contributed by atoms with Crippen molar-refractivity contribution >= 4 is 17.4 Å². The second-order valence-corrected chi connectivity index (χ2v) is 4.22. The summed E-state index contributed by atoms with van der Waals surface area (Å²) in [5, 5.41) is 10.6. The van der Waals surface area contributed by atoms with E-state index in [4.69, 9.17) is 0 Å². The van der Waals surface area contributed by atoms with E-state index in [0.717, 1.165) is 18.9 Å². The first-order valence-electron chi connectivity index (χ1n) is 6.01. The van der Waals surface area contributed by atoms with Gasteiger partial charge in [0.05, 0.1) is 4.92 Å². The largest absolute Gasteiger partial charge is 0.339 e. The van der Waals surface area contributed by atoms with Crippen molar-refractivity contribution in [3.8, 4) is 0 Å². The summed E-state index contributed by atoms with van der Waals surface area (Å²) < 4.78 is 0. The lowest BCUT2D eigenvalue weighted by molar-refractivity contribution is -0.384. The molecule has 0 unspecified atom stereocenters. The fourth-order valence-electron chi connectivity index (χ4n) is 1.55. The van der Waals surface area contributed by atoms with Crippen molar-refractivity contribution in [2.45, 2.75) is 19.8 Å². The molecule has 102 valence electrons. The van der Waals surface area contributed by atoms with Gasteiger partial charge in [0.25, 0.3) is 17.4 Å². The van der Waals surface area contributed by atoms with Crippen molar-refractivity contribution in [3.05, 3.63) is 39.9 Å². The van der Waals surface area contributed by atoms with E-state index in [2.05, 4.69) is 0 Å². The highest BCUT2D eigenvalue weighted by molar-refractivity contribution is 6.42. The van der Waals surface area contributed by atoms with Crippen LogP contribution in [0, 0.1) is 10.1 Å². The Balaban J connectivity index is 2.85. The van der Waals surface area contributed by atoms with Crippen molar-refractivity contribution in [1.82, 2.24) is 4.90 Å². The second-order valence-electron chi connectivity index (χ2n) is 4.22. The number of non-ortho nitro benzene ring substituents is 1. The van der Waals surface area contributed by atoms with Gasteiger partial charge in [-0.15, -0.1) is 0 Å². The molecule has 1 amide bonds. The van der Waals surface area contributed by atoms with Crippen molar-refractivity contribution in [2.75, 3.05) is 13.6 Å². The van der Waals surface area contributed by atoms with E-state index >= 15 is 0 Å². The van der Waals surface area contributed by atoms with Gasteiger partial charge in [0.2, 0.25) is 0 Å². The van der Waals surface area contributed by atoms with Crippen LogP contribution in [0.4, 0.5) is 5.69 Å². The fraction of sp³-hybridized carbons (Fsp3) is 0.385. The summed E-state index contributed by atoms with van der Waals surface area (Å²) in [6.07, 6.45) is 1.73. The second kappa shape index (κ2) is 6.63. The Morgan fingerprint density at radius 3 is 2.63 bits per heavy atom. The number of likely N-dealkylation sites (N-methyl/N-ethyl adjacent to an activating group) is 1. The zero-order valence-corrected chi connectivity index (χ0v) is 11.0. The maximum atomic E-state index is 11.9. The molecule has 0 saturated heterocycles. The van der Waals surface area contributed by atoms with Gasteiger partial charge in [-0.3, -0.25) is 19.7 Å². The van der Waals surface area contributed by atoms with Crippen LogP contribution in [-0.2, 0) is 4.79 Å². The molecule has 0 aliphatic heterocycles. The Bertz CT molecular complexity index is 499. The molecule has 6 heteroatoms. The third-order valence-corrected chi connectivity index (χ3v) is 2.71. The molecule has 0 atom stereocenters. The molecule has 0 aliphatic rings. The molecule has 0 saturated carbocycles. The summed E-state index contributed by atoms with van der Waals surface area (Å²) in [5.41, 5.74) is -0.155. The van der Waals surface area contributed by atoms with E-state index in [1.807, 2.05) is 6.92 Å². The Morgan fingerprint density at radius 1 is 1.37 bits per heavy atom. The Labute approximate surface area is 111 Å². The van der Waals surface area contributed by atoms with Crippen LogP contribution in [0.3, 0.4) is 0 Å². The number of rotatable bonds is 6. The number of carbonyl (C=O) groups is 2. The quantitative estimate of drug-likeness (QED) is 0.341. The summed E-state index contributed by atoms with van der Waals surface area (Å²) in [6, 6.07) is 5.20. The van der Waals surface area contributed by atoms with Crippen LogP contribution in [0.25, 0.3) is 0 Å². The summed E-state index contributed by atoms with van der Waals surface area (Å²) in [4.78, 5) is 35.1. The number of ketones is 1. The van der Waals surface area contributed by atoms with Gasteiger partial charge < -0.3 is 4.90 Å². The molecule has 0 heterocycles. The van der Waals surface area contributed by atoms with Gasteiger partial charge in [0.15, 0.2) is 0 Å². The molecule has 0 bridgehead atoms. The zero-order valence-electron chi connectivity index (χ0n) is 11.0. The predicted molar refractivity (Wildman–Crippen MR) is 70.0 cm³/mol. The van der Waals surface area contributed by atoms with Crippen LogP contribution in [0.5, 0.6) is 0 Å². The van der Waals surface area contributed by atoms with Crippen molar-refractivity contribution in [3.63, 3.8) is 0 Å². The van der Waals surface area contributed by atoms with Gasteiger partial charge >= 0.3 is 0 Å². The number of Topliss-reactive ketones (excluding diaryl/α,β-unsaturated/α-hetero) is 1. The summed E-state index contributed by atoms with van der Waals surface area (Å²) >= 11 is 0. The minimum Gasteiger partial charge on any atom is -0.339 e. The van der Waals surface area contributed by atoms with Crippen LogP contribution in [-0.4, -0.2) is 35.1 Å².